The van der Waals surface area contributed by atoms with Crippen LogP contribution >= 0.6 is 11.3 Å². The third-order valence-corrected chi connectivity index (χ3v) is 5.64. The standard InChI is InChI=1S/C16H21N3O2S/c1-11-17-16(21-18-11)13-5-7-20-15-4-6-19(10-14(13)15)9-12-3-2-8-22-12/h2-3,8,13-15H,4-7,9-10H2,1H3/t13-,14-,15-/m1/s1. The number of nitrogens with zero attached hydrogens (tertiary/aromatic N) is 3. The molecule has 4 heterocycles. The van der Waals surface area contributed by atoms with E-state index in [-0.39, 0.29) is 0 Å². The van der Waals surface area contributed by atoms with Crippen LogP contribution in [0.25, 0.3) is 0 Å². The van der Waals surface area contributed by atoms with Gasteiger partial charge in [-0.15, -0.1) is 11.3 Å². The number of hydrogen-bond donors (Lipinski definition) is 0. The molecule has 2 aliphatic rings. The molecule has 2 aromatic heterocycles. The van der Waals surface area contributed by atoms with E-state index in [4.69, 9.17) is 9.26 Å². The highest BCUT2D eigenvalue weighted by atomic mass is 32.1. The quantitative estimate of drug-likeness (QED) is 0.871. The summed E-state index contributed by atoms with van der Waals surface area (Å²) in [6, 6.07) is 4.34. The van der Waals surface area contributed by atoms with Gasteiger partial charge in [0.25, 0.3) is 0 Å². The maximum absolute atomic E-state index is 6.01. The van der Waals surface area contributed by atoms with Crippen LogP contribution in [-0.2, 0) is 11.3 Å². The largest absolute Gasteiger partial charge is 0.378 e. The smallest absolute Gasteiger partial charge is 0.230 e. The Balaban J connectivity index is 1.50. The first-order valence-electron chi connectivity index (χ1n) is 7.96. The van der Waals surface area contributed by atoms with E-state index < -0.39 is 0 Å². The van der Waals surface area contributed by atoms with Crippen LogP contribution in [0.15, 0.2) is 22.0 Å². The summed E-state index contributed by atoms with van der Waals surface area (Å²) in [5.74, 6) is 2.33. The number of fused-ring (bicyclic) bond motifs is 1. The van der Waals surface area contributed by atoms with Crippen LogP contribution in [0.3, 0.4) is 0 Å². The molecule has 0 radical (unpaired) electrons. The first kappa shape index (κ1) is 14.4. The van der Waals surface area contributed by atoms with Crippen molar-refractivity contribution in [2.75, 3.05) is 19.7 Å². The maximum atomic E-state index is 6.01. The van der Waals surface area contributed by atoms with Crippen molar-refractivity contribution in [2.45, 2.75) is 38.3 Å². The number of aryl methyl sites for hydroxylation is 1. The minimum absolute atomic E-state index is 0.338. The van der Waals surface area contributed by atoms with Crippen molar-refractivity contribution in [1.29, 1.82) is 0 Å². The van der Waals surface area contributed by atoms with E-state index in [2.05, 4.69) is 32.6 Å². The van der Waals surface area contributed by atoms with E-state index >= 15 is 0 Å². The summed E-state index contributed by atoms with van der Waals surface area (Å²) >= 11 is 1.83. The molecule has 118 valence electrons. The lowest BCUT2D eigenvalue weighted by atomic mass is 9.79. The molecule has 0 bridgehead atoms. The van der Waals surface area contributed by atoms with Crippen LogP contribution in [-0.4, -0.2) is 40.8 Å². The van der Waals surface area contributed by atoms with Gasteiger partial charge in [-0.3, -0.25) is 4.90 Å². The predicted octanol–water partition coefficient (Wildman–Crippen LogP) is 2.83. The molecule has 0 unspecified atom stereocenters. The molecule has 0 saturated carbocycles. The molecule has 3 atom stereocenters. The Morgan fingerprint density at radius 2 is 2.36 bits per heavy atom. The molecule has 5 nitrogen and oxygen atoms in total. The molecule has 0 spiro atoms. The van der Waals surface area contributed by atoms with Crippen LogP contribution in [0.1, 0.15) is 35.4 Å². The molecule has 2 aromatic rings. The van der Waals surface area contributed by atoms with E-state index in [1.54, 1.807) is 0 Å². The van der Waals surface area contributed by atoms with Crippen LogP contribution in [0.2, 0.25) is 0 Å². The second-order valence-corrected chi connectivity index (χ2v) is 7.28. The van der Waals surface area contributed by atoms with Gasteiger partial charge in [0.05, 0.1) is 6.10 Å². The van der Waals surface area contributed by atoms with Crippen molar-refractivity contribution < 1.29 is 9.26 Å². The first-order valence-corrected chi connectivity index (χ1v) is 8.84. The van der Waals surface area contributed by atoms with Gasteiger partial charge >= 0.3 is 0 Å². The minimum Gasteiger partial charge on any atom is -0.378 e. The monoisotopic (exact) mass is 319 g/mol. The summed E-state index contributed by atoms with van der Waals surface area (Å²) in [5.41, 5.74) is 0. The number of ether oxygens (including phenoxy) is 1. The second-order valence-electron chi connectivity index (χ2n) is 6.25. The normalized spacial score (nSPS) is 29.4. The van der Waals surface area contributed by atoms with Gasteiger partial charge in [0.1, 0.15) is 0 Å². The van der Waals surface area contributed by atoms with Gasteiger partial charge in [-0.1, -0.05) is 11.2 Å². The molecule has 2 aliphatic heterocycles. The molecular formula is C16H21N3O2S. The lowest BCUT2D eigenvalue weighted by Crippen LogP contribution is -2.48. The van der Waals surface area contributed by atoms with Gasteiger partial charge < -0.3 is 9.26 Å². The number of aromatic nitrogens is 2. The summed E-state index contributed by atoms with van der Waals surface area (Å²) in [6.07, 6.45) is 2.42. The zero-order chi connectivity index (χ0) is 14.9. The summed E-state index contributed by atoms with van der Waals surface area (Å²) in [5, 5.41) is 6.12. The van der Waals surface area contributed by atoms with Gasteiger partial charge in [-0.05, 0) is 31.2 Å². The van der Waals surface area contributed by atoms with E-state index in [1.807, 2.05) is 18.3 Å². The average molecular weight is 319 g/mol. The van der Waals surface area contributed by atoms with Gasteiger partial charge in [0, 0.05) is 43.0 Å². The number of likely N-dealkylation sites (tertiary alicyclic amines) is 1. The molecule has 0 aromatic carbocycles. The Morgan fingerprint density at radius 1 is 1.41 bits per heavy atom. The summed E-state index contributed by atoms with van der Waals surface area (Å²) in [7, 11) is 0. The van der Waals surface area contributed by atoms with Crippen molar-refractivity contribution in [3.8, 4) is 0 Å². The van der Waals surface area contributed by atoms with Crippen LogP contribution < -0.4 is 0 Å². The Kier molecular flexibility index (Phi) is 3.98. The van der Waals surface area contributed by atoms with E-state index in [0.717, 1.165) is 50.8 Å². The molecule has 2 fully saturated rings. The minimum atomic E-state index is 0.338. The highest BCUT2D eigenvalue weighted by Gasteiger charge is 2.41. The summed E-state index contributed by atoms with van der Waals surface area (Å²) < 4.78 is 11.5. The van der Waals surface area contributed by atoms with Gasteiger partial charge in [0.15, 0.2) is 5.82 Å². The average Bonchev–Trinajstić information content (AvgIpc) is 3.18. The summed E-state index contributed by atoms with van der Waals surface area (Å²) in [4.78, 5) is 8.45. The Hall–Kier alpha value is -1.24. The molecule has 22 heavy (non-hydrogen) atoms. The third-order valence-electron chi connectivity index (χ3n) is 4.77. The van der Waals surface area contributed by atoms with Crippen molar-refractivity contribution in [2.24, 2.45) is 5.92 Å². The van der Waals surface area contributed by atoms with Crippen molar-refractivity contribution >= 4 is 11.3 Å². The fourth-order valence-corrected chi connectivity index (χ4v) is 4.47. The van der Waals surface area contributed by atoms with Crippen LogP contribution in [0, 0.1) is 12.8 Å². The molecule has 6 heteroatoms. The Labute approximate surface area is 134 Å². The lowest BCUT2D eigenvalue weighted by molar-refractivity contribution is -0.0824. The van der Waals surface area contributed by atoms with Gasteiger partial charge in [-0.2, -0.15) is 4.98 Å². The van der Waals surface area contributed by atoms with Crippen LogP contribution in [0.4, 0.5) is 0 Å². The SMILES string of the molecule is Cc1noc([C@@H]2CCO[C@@H]3CCN(Cc4cccs4)C[C@@H]32)n1. The van der Waals surface area contributed by atoms with Crippen molar-refractivity contribution in [3.05, 3.63) is 34.1 Å². The fraction of sp³-hybridized carbons (Fsp3) is 0.625. The van der Waals surface area contributed by atoms with E-state index in [1.165, 1.54) is 4.88 Å². The molecule has 0 aliphatic carbocycles. The first-order chi connectivity index (χ1) is 10.8. The number of thiophene rings is 1. The fourth-order valence-electron chi connectivity index (χ4n) is 3.72. The zero-order valence-corrected chi connectivity index (χ0v) is 13.6. The van der Waals surface area contributed by atoms with Gasteiger partial charge in [0.2, 0.25) is 5.89 Å². The van der Waals surface area contributed by atoms with Crippen molar-refractivity contribution in [1.82, 2.24) is 15.0 Å². The highest BCUT2D eigenvalue weighted by Crippen LogP contribution is 2.39. The van der Waals surface area contributed by atoms with E-state index in [9.17, 15) is 0 Å². The molecule has 2 saturated heterocycles. The van der Waals surface area contributed by atoms with Crippen LogP contribution in [0.5, 0.6) is 0 Å². The van der Waals surface area contributed by atoms with E-state index in [0.29, 0.717) is 17.9 Å². The number of piperidine rings is 1. The third kappa shape index (κ3) is 2.83. The zero-order valence-electron chi connectivity index (χ0n) is 12.8. The Bertz CT molecular complexity index is 613. The number of hydrogen-bond acceptors (Lipinski definition) is 6. The Morgan fingerprint density at radius 3 is 3.14 bits per heavy atom. The maximum Gasteiger partial charge on any atom is 0.230 e. The molecule has 4 rings (SSSR count). The van der Waals surface area contributed by atoms with Crippen molar-refractivity contribution in [3.63, 3.8) is 0 Å². The predicted molar refractivity (Wildman–Crippen MR) is 83.8 cm³/mol. The molecule has 0 amide bonds. The topological polar surface area (TPSA) is 51.4 Å². The highest BCUT2D eigenvalue weighted by molar-refractivity contribution is 7.09. The molecule has 0 N–H and O–H groups in total. The number of rotatable bonds is 3. The van der Waals surface area contributed by atoms with Gasteiger partial charge in [-0.25, -0.2) is 0 Å². The lowest BCUT2D eigenvalue weighted by Gasteiger charge is -2.43. The summed E-state index contributed by atoms with van der Waals surface area (Å²) in [6.45, 7) is 5.88. The molecular weight excluding hydrogens is 298 g/mol. The second kappa shape index (κ2) is 6.10.